The van der Waals surface area contributed by atoms with E-state index in [2.05, 4.69) is 32.0 Å². The van der Waals surface area contributed by atoms with Gasteiger partial charge in [-0.05, 0) is 0 Å². The van der Waals surface area contributed by atoms with Crippen molar-refractivity contribution >= 4 is 23.9 Å². The Morgan fingerprint density at radius 1 is 0.356 bits per heavy atom. The van der Waals surface area contributed by atoms with Crippen molar-refractivity contribution in [2.24, 2.45) is 94.7 Å². The van der Waals surface area contributed by atoms with Crippen LogP contribution in [0.15, 0.2) is 0 Å². The summed E-state index contributed by atoms with van der Waals surface area (Å²) >= 11 is 0. The monoisotopic (exact) mass is 886 g/mol. The zero-order chi connectivity index (χ0) is 37.6. The van der Waals surface area contributed by atoms with E-state index in [1.54, 1.807) is 128 Å². The Balaban J connectivity index is 0.762. The molecule has 10 aliphatic heterocycles. The summed E-state index contributed by atoms with van der Waals surface area (Å²) in [6.07, 6.45) is 38.7. The number of hydrogen-bond donors (Lipinski definition) is 0. The Morgan fingerprint density at radius 2 is 0.610 bits per heavy atom. The van der Waals surface area contributed by atoms with Crippen LogP contribution in [-0.4, -0.2) is 43.0 Å². The summed E-state index contributed by atoms with van der Waals surface area (Å²) in [6, 6.07) is 0. The Kier molecular flexibility index (Phi) is 3.48. The standard InChI is InChI=1S/C47H67P2.C8H13Si.Fe/c1-2-34(24-48(44-36-8-26-4-27(10-36)11-37(44)9-26)45-38-12-28-5-29(14-38)15-39(45)13-28)35(3-1)25-49(46-40-16-30-6-31(18-40)19-41(46)17-30)47-42-20-32-7-33(22-42)23-43(47)21-32;1-9(2,3)8-6-4-5-7-8;/h1-3,26-33,36-47H,4-25H2;4-7H,1-3H3;. The molecule has 8 atom stereocenters. The van der Waals surface area contributed by atoms with Crippen LogP contribution in [0.5, 0.6) is 0 Å². The van der Waals surface area contributed by atoms with Gasteiger partial charge >= 0.3 is 354 Å². The van der Waals surface area contributed by atoms with Crippen LogP contribution in [0.1, 0.15) is 128 Å². The first-order valence-corrected chi connectivity index (χ1v) is 41.1. The zero-order valence-electron chi connectivity index (χ0n) is 37.4. The van der Waals surface area contributed by atoms with Gasteiger partial charge in [0.1, 0.15) is 0 Å². The van der Waals surface area contributed by atoms with E-state index in [4.69, 9.17) is 0 Å². The molecule has 0 nitrogen and oxygen atoms in total. The third kappa shape index (κ3) is 1.31. The molecule has 10 heterocycles. The Bertz CT molecular complexity index is 2260. The van der Waals surface area contributed by atoms with Crippen LogP contribution >= 0.6 is 15.8 Å². The van der Waals surface area contributed by atoms with Gasteiger partial charge in [0.15, 0.2) is 0 Å². The number of hydrogen-bond acceptors (Lipinski definition) is 0. The van der Waals surface area contributed by atoms with Gasteiger partial charge in [-0.25, -0.2) is 0 Å². The molecule has 26 fully saturated rings. The molecule has 59 heavy (non-hydrogen) atoms. The van der Waals surface area contributed by atoms with Gasteiger partial charge in [0.2, 0.25) is 0 Å². The van der Waals surface area contributed by atoms with Crippen molar-refractivity contribution in [3.8, 4) is 0 Å². The van der Waals surface area contributed by atoms with Crippen LogP contribution in [0.25, 0.3) is 0 Å². The second-order valence-corrected chi connectivity index (χ2v) is 67.4. The van der Waals surface area contributed by atoms with E-state index in [9.17, 15) is 0 Å². The summed E-state index contributed by atoms with van der Waals surface area (Å²) in [7, 11) is -0.790. The molecule has 1 spiro atoms. The molecule has 0 amide bonds. The van der Waals surface area contributed by atoms with Gasteiger partial charge in [0.05, 0.1) is 0 Å². The first-order valence-electron chi connectivity index (χ1n) is 28.1. The van der Waals surface area contributed by atoms with Crippen molar-refractivity contribution in [2.45, 2.75) is 217 Å². The van der Waals surface area contributed by atoms with Gasteiger partial charge in [-0.15, -0.1) is 0 Å². The van der Waals surface area contributed by atoms with Crippen molar-refractivity contribution in [2.75, 3.05) is 12.3 Å². The van der Waals surface area contributed by atoms with Crippen molar-refractivity contribution in [1.29, 1.82) is 0 Å². The topological polar surface area (TPSA) is 0 Å². The predicted molar refractivity (Wildman–Crippen MR) is 245 cm³/mol. The molecule has 4 heteroatoms. The van der Waals surface area contributed by atoms with Crippen LogP contribution in [0.4, 0.5) is 0 Å². The molecule has 10 saturated heterocycles. The molecular weight excluding hydrogens is 806 g/mol. The molecule has 0 radical (unpaired) electrons. The van der Waals surface area contributed by atoms with Crippen molar-refractivity contribution in [3.05, 3.63) is 0 Å². The molecule has 0 aromatic heterocycles. The maximum absolute atomic E-state index is 3.92. The minimum absolute atomic E-state index is 0.228. The van der Waals surface area contributed by atoms with Gasteiger partial charge in [-0.3, -0.25) is 0 Å². The Hall–Kier alpha value is 1.60. The van der Waals surface area contributed by atoms with Crippen molar-refractivity contribution in [1.82, 2.24) is 0 Å². The molecule has 0 N–H and O–H groups in total. The van der Waals surface area contributed by atoms with Crippen molar-refractivity contribution in [3.63, 3.8) is 0 Å². The van der Waals surface area contributed by atoms with Gasteiger partial charge in [0.25, 0.3) is 0 Å². The predicted octanol–water partition coefficient (Wildman–Crippen LogP) is 15.6. The minimum atomic E-state index is -3.92. The molecule has 16 aliphatic carbocycles. The second kappa shape index (κ2) is 6.34. The van der Waals surface area contributed by atoms with E-state index in [0.717, 1.165) is 8.63 Å². The zero-order valence-corrected chi connectivity index (χ0v) is 41.3. The van der Waals surface area contributed by atoms with E-state index in [0.29, 0.717) is 0 Å². The summed E-state index contributed by atoms with van der Waals surface area (Å²) in [4.78, 5) is 10.7. The number of rotatable bonds is 9. The third-order valence-corrected chi connectivity index (χ3v) is 98.2. The van der Waals surface area contributed by atoms with Gasteiger partial charge in [0, 0.05) is 0 Å². The third-order valence-electron chi connectivity index (χ3n) is 35.8. The molecule has 0 aromatic carbocycles. The first kappa shape index (κ1) is 32.3. The van der Waals surface area contributed by atoms with Crippen LogP contribution in [-0.2, 0) is 6.51 Å². The van der Waals surface area contributed by atoms with Gasteiger partial charge in [-0.1, -0.05) is 0 Å². The van der Waals surface area contributed by atoms with E-state index < -0.39 is 14.6 Å². The molecule has 0 aromatic rings. The molecular formula is C55H80FeP2Si. The summed E-state index contributed by atoms with van der Waals surface area (Å²) in [5.41, 5.74) is 5.15. The fourth-order valence-corrected chi connectivity index (χ4v) is 162. The van der Waals surface area contributed by atoms with Gasteiger partial charge in [-0.2, -0.15) is 0 Å². The molecule has 322 valence electrons. The summed E-state index contributed by atoms with van der Waals surface area (Å²) in [6.45, 7) is 5.39. The molecule has 16 bridgehead atoms. The van der Waals surface area contributed by atoms with Crippen LogP contribution in [0.3, 0.4) is 0 Å². The number of fused-ring (bicyclic) bond motifs is 10. The second-order valence-electron chi connectivity index (χ2n) is 33.4. The van der Waals surface area contributed by atoms with Crippen LogP contribution < -0.4 is 0 Å². The fourth-order valence-electron chi connectivity index (χ4n) is 39.9. The normalized spacial score (nSPS) is 84.1. The fraction of sp³-hybridized carbons (Fsp3) is 1.00. The van der Waals surface area contributed by atoms with E-state index in [1.807, 2.05) is 0 Å². The maximum atomic E-state index is 3.10. The van der Waals surface area contributed by atoms with Gasteiger partial charge < -0.3 is 0 Å². The SMILES string of the molecule is C[Si](C)(C)[C]12[CH]3[CH]4[CH]5[CH]1[Fe]45321678[CH]2[CH]1[C]6(CP(C1C3CC4CC(C3)CC1C4)C1C3CC4CC(C3)CC1C4)[C]7(CP(C1C3CC4CC(C3)CC1C4)C1C3CC4CC(C3)CC1C4)[CH]28. The summed E-state index contributed by atoms with van der Waals surface area (Å²) in [5, 5.41) is 0. The summed E-state index contributed by atoms with van der Waals surface area (Å²) < 4.78 is 3.44. The Labute approximate surface area is 352 Å². The molecule has 26 aliphatic rings. The average molecular weight is 887 g/mol. The van der Waals surface area contributed by atoms with E-state index >= 15 is 0 Å². The molecule has 16 saturated carbocycles. The summed E-state index contributed by atoms with van der Waals surface area (Å²) in [5.74, 6) is 19.3. The quantitative estimate of drug-likeness (QED) is 0.160. The van der Waals surface area contributed by atoms with Crippen LogP contribution in [0, 0.1) is 94.7 Å². The van der Waals surface area contributed by atoms with E-state index in [1.165, 1.54) is 155 Å². The first-order chi connectivity index (χ1) is 28.4. The Morgan fingerprint density at radius 3 is 0.797 bits per heavy atom. The van der Waals surface area contributed by atoms with E-state index in [-0.39, 0.29) is 15.8 Å². The average Bonchev–Trinajstić information content (AvgIpc) is 4.12. The molecule has 26 rings (SSSR count). The molecule has 8 unspecified atom stereocenters. The van der Waals surface area contributed by atoms with Crippen molar-refractivity contribution < 1.29 is 6.51 Å². The van der Waals surface area contributed by atoms with Crippen LogP contribution in [0.2, 0.25) is 65.9 Å².